The van der Waals surface area contributed by atoms with E-state index in [1.54, 1.807) is 12.1 Å². The maximum atomic E-state index is 10.7. The highest BCUT2D eigenvalue weighted by atomic mass is 32.1. The van der Waals surface area contributed by atoms with Crippen molar-refractivity contribution < 1.29 is 4.92 Å². The Morgan fingerprint density at radius 2 is 1.70 bits per heavy atom. The quantitative estimate of drug-likeness (QED) is 0.444. The van der Waals surface area contributed by atoms with Crippen molar-refractivity contribution in [1.82, 2.24) is 10.2 Å². The SMILES string of the molecule is O=[N+]([O-])c1ccc(NC(=S)NCc2ccccc2CN2CCCCC2)cc1. The Balaban J connectivity index is 1.54. The Bertz CT molecular complexity index is 789. The van der Waals surface area contributed by atoms with Gasteiger partial charge in [-0.1, -0.05) is 30.7 Å². The van der Waals surface area contributed by atoms with E-state index >= 15 is 0 Å². The van der Waals surface area contributed by atoms with E-state index in [1.807, 2.05) is 6.07 Å². The molecule has 2 N–H and O–H groups in total. The predicted molar refractivity (Wildman–Crippen MR) is 112 cm³/mol. The smallest absolute Gasteiger partial charge is 0.269 e. The van der Waals surface area contributed by atoms with Gasteiger partial charge in [0.1, 0.15) is 0 Å². The van der Waals surface area contributed by atoms with Crippen molar-refractivity contribution in [2.45, 2.75) is 32.4 Å². The Morgan fingerprint density at radius 3 is 2.37 bits per heavy atom. The molecule has 2 aromatic rings. The first-order valence-electron chi connectivity index (χ1n) is 9.20. The van der Waals surface area contributed by atoms with Gasteiger partial charge in [-0.25, -0.2) is 0 Å². The highest BCUT2D eigenvalue weighted by Crippen LogP contribution is 2.17. The minimum Gasteiger partial charge on any atom is -0.358 e. The van der Waals surface area contributed by atoms with Gasteiger partial charge >= 0.3 is 0 Å². The highest BCUT2D eigenvalue weighted by Gasteiger charge is 2.12. The van der Waals surface area contributed by atoms with Crippen molar-refractivity contribution >= 4 is 28.7 Å². The van der Waals surface area contributed by atoms with Gasteiger partial charge in [-0.3, -0.25) is 15.0 Å². The number of thiocarbonyl (C=S) groups is 1. The third-order valence-electron chi connectivity index (χ3n) is 4.74. The van der Waals surface area contributed by atoms with Crippen LogP contribution in [0.15, 0.2) is 48.5 Å². The molecule has 1 aliphatic heterocycles. The lowest BCUT2D eigenvalue weighted by atomic mass is 10.0. The van der Waals surface area contributed by atoms with E-state index in [9.17, 15) is 10.1 Å². The van der Waals surface area contributed by atoms with E-state index < -0.39 is 4.92 Å². The maximum Gasteiger partial charge on any atom is 0.269 e. The largest absolute Gasteiger partial charge is 0.358 e. The first kappa shape index (κ1) is 19.3. The Kier molecular flexibility index (Phi) is 6.73. The summed E-state index contributed by atoms with van der Waals surface area (Å²) in [5.74, 6) is 0. The molecular weight excluding hydrogens is 360 g/mol. The van der Waals surface area contributed by atoms with E-state index in [2.05, 4.69) is 33.7 Å². The number of nitro benzene ring substituents is 1. The lowest BCUT2D eigenvalue weighted by Crippen LogP contribution is -2.31. The molecule has 27 heavy (non-hydrogen) atoms. The molecule has 0 amide bonds. The lowest BCUT2D eigenvalue weighted by Gasteiger charge is -2.27. The first-order valence-corrected chi connectivity index (χ1v) is 9.61. The standard InChI is InChI=1S/C20H24N4O2S/c25-24(26)19-10-8-18(9-11-19)22-20(27)21-14-16-6-2-3-7-17(16)15-23-12-4-1-5-13-23/h2-3,6-11H,1,4-5,12-15H2,(H2,21,22,27). The van der Waals surface area contributed by atoms with Gasteiger partial charge in [0.15, 0.2) is 5.11 Å². The van der Waals surface area contributed by atoms with Crippen molar-refractivity contribution in [2.75, 3.05) is 18.4 Å². The second-order valence-corrected chi connectivity index (χ2v) is 7.13. The molecule has 0 aromatic heterocycles. The number of likely N-dealkylation sites (tertiary alicyclic amines) is 1. The number of hydrogen-bond acceptors (Lipinski definition) is 4. The molecule has 142 valence electrons. The van der Waals surface area contributed by atoms with Crippen LogP contribution in [0.2, 0.25) is 0 Å². The van der Waals surface area contributed by atoms with Crippen molar-refractivity contribution in [2.24, 2.45) is 0 Å². The summed E-state index contributed by atoms with van der Waals surface area (Å²) in [5.41, 5.74) is 3.34. The zero-order valence-corrected chi connectivity index (χ0v) is 16.0. The molecular formula is C20H24N4O2S. The van der Waals surface area contributed by atoms with E-state index in [1.165, 1.54) is 55.6 Å². The van der Waals surface area contributed by atoms with Crippen LogP contribution >= 0.6 is 12.2 Å². The van der Waals surface area contributed by atoms with E-state index in [0.717, 1.165) is 12.2 Å². The number of anilines is 1. The van der Waals surface area contributed by atoms with Gasteiger partial charge in [-0.05, 0) is 61.4 Å². The van der Waals surface area contributed by atoms with Crippen molar-refractivity contribution in [3.05, 3.63) is 69.8 Å². The monoisotopic (exact) mass is 384 g/mol. The molecule has 1 heterocycles. The Morgan fingerprint density at radius 1 is 1.04 bits per heavy atom. The number of piperidine rings is 1. The van der Waals surface area contributed by atoms with Gasteiger partial charge in [-0.15, -0.1) is 0 Å². The van der Waals surface area contributed by atoms with Gasteiger partial charge in [-0.2, -0.15) is 0 Å². The number of benzene rings is 2. The van der Waals surface area contributed by atoms with Crippen LogP contribution in [0.5, 0.6) is 0 Å². The molecule has 0 saturated carbocycles. The summed E-state index contributed by atoms with van der Waals surface area (Å²) in [7, 11) is 0. The highest BCUT2D eigenvalue weighted by molar-refractivity contribution is 7.80. The van der Waals surface area contributed by atoms with Crippen LogP contribution in [0, 0.1) is 10.1 Å². The number of non-ortho nitro benzene ring substituents is 1. The molecule has 0 atom stereocenters. The number of hydrogen-bond donors (Lipinski definition) is 2. The van der Waals surface area contributed by atoms with Gasteiger partial charge in [0.25, 0.3) is 5.69 Å². The number of rotatable bonds is 6. The minimum absolute atomic E-state index is 0.0612. The van der Waals surface area contributed by atoms with Crippen LogP contribution in [0.4, 0.5) is 11.4 Å². The van der Waals surface area contributed by atoms with Crippen LogP contribution < -0.4 is 10.6 Å². The van der Waals surface area contributed by atoms with Crippen LogP contribution in [0.3, 0.4) is 0 Å². The summed E-state index contributed by atoms with van der Waals surface area (Å²) in [4.78, 5) is 12.8. The molecule has 7 heteroatoms. The number of nitro groups is 1. The third kappa shape index (κ3) is 5.74. The number of nitrogens with one attached hydrogen (secondary N) is 2. The molecule has 3 rings (SSSR count). The van der Waals surface area contributed by atoms with Crippen molar-refractivity contribution in [1.29, 1.82) is 0 Å². The normalized spacial score (nSPS) is 14.5. The van der Waals surface area contributed by atoms with Gasteiger partial charge in [0, 0.05) is 30.9 Å². The Hall–Kier alpha value is -2.51. The zero-order chi connectivity index (χ0) is 19.1. The molecule has 1 aliphatic rings. The lowest BCUT2D eigenvalue weighted by molar-refractivity contribution is -0.384. The number of nitrogens with zero attached hydrogens (tertiary/aromatic N) is 2. The zero-order valence-electron chi connectivity index (χ0n) is 15.2. The van der Waals surface area contributed by atoms with Crippen molar-refractivity contribution in [3.8, 4) is 0 Å². The summed E-state index contributed by atoms with van der Waals surface area (Å²) < 4.78 is 0. The van der Waals surface area contributed by atoms with Gasteiger partial charge in [0.05, 0.1) is 4.92 Å². The molecule has 0 unspecified atom stereocenters. The fourth-order valence-electron chi connectivity index (χ4n) is 3.26. The maximum absolute atomic E-state index is 10.7. The van der Waals surface area contributed by atoms with E-state index in [4.69, 9.17) is 12.2 Å². The predicted octanol–water partition coefficient (Wildman–Crippen LogP) is 4.07. The molecule has 0 aliphatic carbocycles. The average molecular weight is 385 g/mol. The van der Waals surface area contributed by atoms with Gasteiger partial charge < -0.3 is 10.6 Å². The summed E-state index contributed by atoms with van der Waals surface area (Å²) >= 11 is 5.36. The third-order valence-corrected chi connectivity index (χ3v) is 4.98. The Labute approximate surface area is 164 Å². The molecule has 2 aromatic carbocycles. The summed E-state index contributed by atoms with van der Waals surface area (Å²) in [6, 6.07) is 14.6. The minimum atomic E-state index is -0.417. The summed E-state index contributed by atoms with van der Waals surface area (Å²) in [5, 5.41) is 17.5. The topological polar surface area (TPSA) is 70.4 Å². The summed E-state index contributed by atoms with van der Waals surface area (Å²) in [6.45, 7) is 3.95. The molecule has 0 radical (unpaired) electrons. The van der Waals surface area contributed by atoms with Gasteiger partial charge in [0.2, 0.25) is 0 Å². The van der Waals surface area contributed by atoms with Crippen LogP contribution in [0.1, 0.15) is 30.4 Å². The van der Waals surface area contributed by atoms with Crippen molar-refractivity contribution in [3.63, 3.8) is 0 Å². The fourth-order valence-corrected chi connectivity index (χ4v) is 3.45. The van der Waals surface area contributed by atoms with E-state index in [-0.39, 0.29) is 5.69 Å². The molecule has 1 saturated heterocycles. The molecule has 0 bridgehead atoms. The second-order valence-electron chi connectivity index (χ2n) is 6.72. The molecule has 1 fully saturated rings. The average Bonchev–Trinajstić information content (AvgIpc) is 2.68. The molecule has 0 spiro atoms. The van der Waals surface area contributed by atoms with Crippen LogP contribution in [-0.4, -0.2) is 28.0 Å². The van der Waals surface area contributed by atoms with Crippen LogP contribution in [0.25, 0.3) is 0 Å². The summed E-state index contributed by atoms with van der Waals surface area (Å²) in [6.07, 6.45) is 3.90. The van der Waals surface area contributed by atoms with E-state index in [0.29, 0.717) is 11.7 Å². The second kappa shape index (κ2) is 9.43. The fraction of sp³-hybridized carbons (Fsp3) is 0.350. The molecule has 6 nitrogen and oxygen atoms in total. The van der Waals surface area contributed by atoms with Crippen LogP contribution in [-0.2, 0) is 13.1 Å². The first-order chi connectivity index (χ1) is 13.1.